The van der Waals surface area contributed by atoms with Crippen molar-refractivity contribution in [3.63, 3.8) is 0 Å². The molecular weight excluding hydrogens is 356 g/mol. The van der Waals surface area contributed by atoms with E-state index in [0.717, 1.165) is 15.4 Å². The van der Waals surface area contributed by atoms with E-state index in [2.05, 4.69) is 26.2 Å². The molecule has 0 saturated heterocycles. The molecule has 1 amide bonds. The van der Waals surface area contributed by atoms with Crippen molar-refractivity contribution in [2.75, 3.05) is 0 Å². The van der Waals surface area contributed by atoms with Gasteiger partial charge in [0.2, 0.25) is 0 Å². The van der Waals surface area contributed by atoms with Crippen LogP contribution in [-0.2, 0) is 11.3 Å². The topological polar surface area (TPSA) is 79.3 Å². The van der Waals surface area contributed by atoms with Gasteiger partial charge in [-0.15, -0.1) is 11.3 Å². The van der Waals surface area contributed by atoms with Gasteiger partial charge in [-0.1, -0.05) is 6.07 Å². The first-order valence-electron chi connectivity index (χ1n) is 5.93. The first kappa shape index (κ1) is 15.4. The van der Waals surface area contributed by atoms with E-state index in [-0.39, 0.29) is 11.6 Å². The predicted octanol–water partition coefficient (Wildman–Crippen LogP) is 2.93. The molecule has 0 bridgehead atoms. The molecule has 0 fully saturated rings. The summed E-state index contributed by atoms with van der Waals surface area (Å²) in [6.45, 7) is 0.442. The Hall–Kier alpha value is -1.99. The molecule has 0 saturated carbocycles. The zero-order valence-corrected chi connectivity index (χ0v) is 13.1. The minimum absolute atomic E-state index is 0.270. The SMILES string of the molecule is O=C(O)C=Cc1ccc(C(=O)NCc2cc(Br)cs2)nc1. The summed E-state index contributed by atoms with van der Waals surface area (Å²) in [5.74, 6) is -1.30. The number of aromatic nitrogens is 1. The van der Waals surface area contributed by atoms with Gasteiger partial charge in [-0.05, 0) is 39.7 Å². The van der Waals surface area contributed by atoms with Crippen LogP contribution in [0.3, 0.4) is 0 Å². The van der Waals surface area contributed by atoms with Gasteiger partial charge in [-0.2, -0.15) is 0 Å². The summed E-state index contributed by atoms with van der Waals surface area (Å²) >= 11 is 4.91. The van der Waals surface area contributed by atoms with Gasteiger partial charge in [0.25, 0.3) is 5.91 Å². The number of amides is 1. The highest BCUT2D eigenvalue weighted by molar-refractivity contribution is 9.10. The van der Waals surface area contributed by atoms with Crippen molar-refractivity contribution in [3.05, 3.63) is 56.5 Å². The maximum absolute atomic E-state index is 11.9. The smallest absolute Gasteiger partial charge is 0.328 e. The normalized spacial score (nSPS) is 10.7. The van der Waals surface area contributed by atoms with Crippen molar-refractivity contribution >= 4 is 45.2 Å². The molecule has 2 N–H and O–H groups in total. The van der Waals surface area contributed by atoms with Crippen LogP contribution in [0.4, 0.5) is 0 Å². The Morgan fingerprint density at radius 3 is 2.81 bits per heavy atom. The van der Waals surface area contributed by atoms with Gasteiger partial charge in [-0.3, -0.25) is 9.78 Å². The summed E-state index contributed by atoms with van der Waals surface area (Å²) < 4.78 is 0.990. The lowest BCUT2D eigenvalue weighted by Crippen LogP contribution is -2.23. The van der Waals surface area contributed by atoms with E-state index in [1.165, 1.54) is 12.3 Å². The van der Waals surface area contributed by atoms with Crippen LogP contribution in [0.2, 0.25) is 0 Å². The number of carbonyl (C=O) groups is 2. The highest BCUT2D eigenvalue weighted by Gasteiger charge is 2.07. The number of thiophene rings is 1. The highest BCUT2D eigenvalue weighted by atomic mass is 79.9. The molecule has 0 spiro atoms. The summed E-state index contributed by atoms with van der Waals surface area (Å²) in [4.78, 5) is 27.4. The van der Waals surface area contributed by atoms with Crippen molar-refractivity contribution in [2.45, 2.75) is 6.54 Å². The van der Waals surface area contributed by atoms with E-state index >= 15 is 0 Å². The van der Waals surface area contributed by atoms with Gasteiger partial charge in [0.15, 0.2) is 0 Å². The van der Waals surface area contributed by atoms with Gasteiger partial charge in [0.05, 0.1) is 6.54 Å². The zero-order valence-electron chi connectivity index (χ0n) is 10.7. The van der Waals surface area contributed by atoms with E-state index in [1.54, 1.807) is 23.5 Å². The number of carbonyl (C=O) groups excluding carboxylic acids is 1. The Balaban J connectivity index is 1.95. The van der Waals surface area contributed by atoms with Crippen molar-refractivity contribution in [1.29, 1.82) is 0 Å². The first-order chi connectivity index (χ1) is 10.0. The molecule has 2 aromatic rings. The van der Waals surface area contributed by atoms with Crippen LogP contribution in [0.25, 0.3) is 6.08 Å². The largest absolute Gasteiger partial charge is 0.478 e. The van der Waals surface area contributed by atoms with Gasteiger partial charge in [0, 0.05) is 27.0 Å². The molecule has 21 heavy (non-hydrogen) atoms. The average Bonchev–Trinajstić information content (AvgIpc) is 2.89. The van der Waals surface area contributed by atoms with Crippen molar-refractivity contribution in [3.8, 4) is 0 Å². The monoisotopic (exact) mass is 366 g/mol. The van der Waals surface area contributed by atoms with Crippen LogP contribution in [0, 0.1) is 0 Å². The van der Waals surface area contributed by atoms with Crippen LogP contribution in [-0.4, -0.2) is 22.0 Å². The maximum atomic E-state index is 11.9. The number of rotatable bonds is 5. The summed E-state index contributed by atoms with van der Waals surface area (Å²) in [5, 5.41) is 13.2. The van der Waals surface area contributed by atoms with Crippen LogP contribution in [0.1, 0.15) is 20.9 Å². The average molecular weight is 367 g/mol. The van der Waals surface area contributed by atoms with Crippen molar-refractivity contribution < 1.29 is 14.7 Å². The molecule has 0 atom stereocenters. The summed E-state index contributed by atoms with van der Waals surface area (Å²) in [6, 6.07) is 5.14. The Morgan fingerprint density at radius 2 is 2.24 bits per heavy atom. The lowest BCUT2D eigenvalue weighted by molar-refractivity contribution is -0.131. The minimum Gasteiger partial charge on any atom is -0.478 e. The number of carboxylic acid groups (broad SMARTS) is 1. The molecule has 0 aliphatic heterocycles. The van der Waals surface area contributed by atoms with Gasteiger partial charge in [0.1, 0.15) is 5.69 Å². The Bertz CT molecular complexity index is 680. The second-order valence-corrected chi connectivity index (χ2v) is 5.97. The Kier molecular flexibility index (Phi) is 5.24. The maximum Gasteiger partial charge on any atom is 0.328 e. The molecule has 2 rings (SSSR count). The Labute approximate surface area is 133 Å². The van der Waals surface area contributed by atoms with E-state index in [0.29, 0.717) is 12.1 Å². The summed E-state index contributed by atoms with van der Waals surface area (Å²) in [6.07, 6.45) is 3.89. The van der Waals surface area contributed by atoms with E-state index in [9.17, 15) is 9.59 Å². The molecule has 108 valence electrons. The van der Waals surface area contributed by atoms with Gasteiger partial charge < -0.3 is 10.4 Å². The number of nitrogens with one attached hydrogen (secondary N) is 1. The number of halogens is 1. The fourth-order valence-corrected chi connectivity index (χ4v) is 2.90. The minimum atomic E-state index is -1.03. The third kappa shape index (κ3) is 4.80. The van der Waals surface area contributed by atoms with Crippen LogP contribution < -0.4 is 5.32 Å². The molecule has 0 aliphatic carbocycles. The molecule has 0 aliphatic rings. The molecule has 2 aromatic heterocycles. The summed E-state index contributed by atoms with van der Waals surface area (Å²) in [5.41, 5.74) is 0.911. The number of aliphatic carboxylic acids is 1. The van der Waals surface area contributed by atoms with E-state index < -0.39 is 5.97 Å². The van der Waals surface area contributed by atoms with Crippen molar-refractivity contribution in [2.24, 2.45) is 0 Å². The fourth-order valence-electron chi connectivity index (χ4n) is 1.51. The Morgan fingerprint density at radius 1 is 1.43 bits per heavy atom. The standard InChI is InChI=1S/C14H11BrN2O3S/c15-10-5-11(21-8-10)7-17-14(20)12-3-1-9(6-16-12)2-4-13(18)19/h1-6,8H,7H2,(H,17,20)(H,18,19). The molecule has 0 radical (unpaired) electrons. The number of nitrogens with zero attached hydrogens (tertiary/aromatic N) is 1. The fraction of sp³-hybridized carbons (Fsp3) is 0.0714. The van der Waals surface area contributed by atoms with Crippen LogP contribution in [0.5, 0.6) is 0 Å². The molecule has 7 heteroatoms. The molecule has 0 aromatic carbocycles. The van der Waals surface area contributed by atoms with Crippen LogP contribution >= 0.6 is 27.3 Å². The first-order valence-corrected chi connectivity index (χ1v) is 7.60. The summed E-state index contributed by atoms with van der Waals surface area (Å²) in [7, 11) is 0. The number of pyridine rings is 1. The van der Waals surface area contributed by atoms with Crippen LogP contribution in [0.15, 0.2) is 40.3 Å². The second kappa shape index (κ2) is 7.14. The number of hydrogen-bond acceptors (Lipinski definition) is 4. The third-order valence-corrected chi connectivity index (χ3v) is 4.18. The number of carboxylic acids is 1. The lowest BCUT2D eigenvalue weighted by atomic mass is 10.2. The lowest BCUT2D eigenvalue weighted by Gasteiger charge is -2.03. The van der Waals surface area contributed by atoms with E-state index in [1.807, 2.05) is 11.4 Å². The quantitative estimate of drug-likeness (QED) is 0.797. The molecule has 5 nitrogen and oxygen atoms in total. The molecule has 2 heterocycles. The zero-order chi connectivity index (χ0) is 15.2. The predicted molar refractivity (Wildman–Crippen MR) is 84.1 cm³/mol. The number of hydrogen-bond donors (Lipinski definition) is 2. The van der Waals surface area contributed by atoms with Gasteiger partial charge >= 0.3 is 5.97 Å². The van der Waals surface area contributed by atoms with E-state index in [4.69, 9.17) is 5.11 Å². The molecule has 0 unspecified atom stereocenters. The highest BCUT2D eigenvalue weighted by Crippen LogP contribution is 2.19. The second-order valence-electron chi connectivity index (χ2n) is 4.06. The third-order valence-electron chi connectivity index (χ3n) is 2.48. The molecular formula is C14H11BrN2O3S. The van der Waals surface area contributed by atoms with Gasteiger partial charge in [-0.25, -0.2) is 4.79 Å². The van der Waals surface area contributed by atoms with Crippen molar-refractivity contribution in [1.82, 2.24) is 10.3 Å².